The molecule has 2 N–H and O–H groups in total. The Morgan fingerprint density at radius 3 is 3.11 bits per heavy atom. The molecule has 1 atom stereocenters. The van der Waals surface area contributed by atoms with E-state index < -0.39 is 0 Å². The number of benzene rings is 1. The maximum absolute atomic E-state index is 12.1. The second kappa shape index (κ2) is 6.40. The molecule has 4 nitrogen and oxygen atoms in total. The maximum Gasteiger partial charge on any atom is 0.229 e. The normalized spacial score (nSPS) is 17.1. The molecule has 1 aliphatic rings. The molecule has 1 amide bonds. The van der Waals surface area contributed by atoms with Gasteiger partial charge in [-0.15, -0.1) is 0 Å². The molecule has 1 unspecified atom stereocenters. The number of anilines is 1. The van der Waals surface area contributed by atoms with Crippen LogP contribution in [-0.4, -0.2) is 32.7 Å². The van der Waals surface area contributed by atoms with Crippen molar-refractivity contribution in [2.75, 3.05) is 32.1 Å². The minimum Gasteiger partial charge on any atom is -0.385 e. The minimum absolute atomic E-state index is 0.0522. The fourth-order valence-electron chi connectivity index (χ4n) is 2.22. The molecule has 0 fully saturated rings. The van der Waals surface area contributed by atoms with Gasteiger partial charge < -0.3 is 15.4 Å². The maximum atomic E-state index is 12.1. The number of carbonyl (C=O) groups is 1. The summed E-state index contributed by atoms with van der Waals surface area (Å²) >= 11 is 0. The van der Waals surface area contributed by atoms with Gasteiger partial charge >= 0.3 is 0 Å². The van der Waals surface area contributed by atoms with Crippen LogP contribution >= 0.6 is 0 Å². The third-order valence-corrected chi connectivity index (χ3v) is 3.22. The van der Waals surface area contributed by atoms with Crippen molar-refractivity contribution in [3.63, 3.8) is 0 Å². The van der Waals surface area contributed by atoms with Gasteiger partial charge in [0, 0.05) is 32.5 Å². The molecule has 0 bridgehead atoms. The van der Waals surface area contributed by atoms with E-state index in [4.69, 9.17) is 4.74 Å². The van der Waals surface area contributed by atoms with E-state index in [0.29, 0.717) is 6.54 Å². The van der Waals surface area contributed by atoms with Crippen molar-refractivity contribution >= 4 is 11.6 Å². The molecule has 18 heavy (non-hydrogen) atoms. The SMILES string of the molecule is COCCCCNC(=O)C1CNc2ccccc21. The first-order chi connectivity index (χ1) is 8.83. The van der Waals surface area contributed by atoms with Crippen LogP contribution in [0.3, 0.4) is 0 Å². The summed E-state index contributed by atoms with van der Waals surface area (Å²) < 4.78 is 4.97. The third kappa shape index (κ3) is 3.01. The Balaban J connectivity index is 1.80. The summed E-state index contributed by atoms with van der Waals surface area (Å²) in [6.45, 7) is 2.17. The molecule has 0 spiro atoms. The Morgan fingerprint density at radius 2 is 2.28 bits per heavy atom. The Morgan fingerprint density at radius 1 is 1.44 bits per heavy atom. The lowest BCUT2D eigenvalue weighted by Crippen LogP contribution is -2.31. The summed E-state index contributed by atoms with van der Waals surface area (Å²) in [5.74, 6) is 0.0634. The highest BCUT2D eigenvalue weighted by Gasteiger charge is 2.27. The Kier molecular flexibility index (Phi) is 4.59. The highest BCUT2D eigenvalue weighted by molar-refractivity contribution is 5.88. The van der Waals surface area contributed by atoms with Crippen molar-refractivity contribution < 1.29 is 9.53 Å². The topological polar surface area (TPSA) is 50.4 Å². The zero-order chi connectivity index (χ0) is 12.8. The Labute approximate surface area is 108 Å². The molecular weight excluding hydrogens is 228 g/mol. The van der Waals surface area contributed by atoms with Crippen LogP contribution in [0.5, 0.6) is 0 Å². The van der Waals surface area contributed by atoms with Crippen LogP contribution in [0.25, 0.3) is 0 Å². The highest BCUT2D eigenvalue weighted by Crippen LogP contribution is 2.30. The van der Waals surface area contributed by atoms with E-state index in [2.05, 4.69) is 10.6 Å². The number of amides is 1. The van der Waals surface area contributed by atoms with Crippen molar-refractivity contribution in [3.05, 3.63) is 29.8 Å². The van der Waals surface area contributed by atoms with Crippen LogP contribution in [-0.2, 0) is 9.53 Å². The van der Waals surface area contributed by atoms with Gasteiger partial charge in [0.05, 0.1) is 5.92 Å². The standard InChI is InChI=1S/C14H20N2O2/c1-18-9-5-4-8-15-14(17)12-10-16-13-7-3-2-6-11(12)13/h2-3,6-7,12,16H,4-5,8-10H2,1H3,(H,15,17). The number of unbranched alkanes of at least 4 members (excludes halogenated alkanes) is 1. The molecular formula is C14H20N2O2. The summed E-state index contributed by atoms with van der Waals surface area (Å²) in [6, 6.07) is 7.99. The Bertz CT molecular complexity index is 407. The molecule has 1 heterocycles. The number of para-hydroxylation sites is 1. The summed E-state index contributed by atoms with van der Waals surface area (Å²) in [5.41, 5.74) is 2.18. The van der Waals surface area contributed by atoms with Crippen molar-refractivity contribution in [3.8, 4) is 0 Å². The predicted molar refractivity (Wildman–Crippen MR) is 71.8 cm³/mol. The van der Waals surface area contributed by atoms with E-state index in [9.17, 15) is 4.79 Å². The minimum atomic E-state index is -0.0522. The number of nitrogens with one attached hydrogen (secondary N) is 2. The van der Waals surface area contributed by atoms with Crippen molar-refractivity contribution in [2.24, 2.45) is 0 Å². The second-order valence-corrected chi connectivity index (χ2v) is 4.51. The molecule has 1 aliphatic heterocycles. The lowest BCUT2D eigenvalue weighted by molar-refractivity contribution is -0.122. The molecule has 1 aromatic carbocycles. The monoisotopic (exact) mass is 248 g/mol. The first-order valence-corrected chi connectivity index (χ1v) is 6.42. The molecule has 98 valence electrons. The average Bonchev–Trinajstić information content (AvgIpc) is 2.82. The lowest BCUT2D eigenvalue weighted by Gasteiger charge is -2.11. The van der Waals surface area contributed by atoms with E-state index in [1.807, 2.05) is 24.3 Å². The van der Waals surface area contributed by atoms with Gasteiger partial charge in [-0.3, -0.25) is 4.79 Å². The highest BCUT2D eigenvalue weighted by atomic mass is 16.5. The smallest absolute Gasteiger partial charge is 0.229 e. The first kappa shape index (κ1) is 12.9. The van der Waals surface area contributed by atoms with Crippen LogP contribution < -0.4 is 10.6 Å². The number of fused-ring (bicyclic) bond motifs is 1. The number of hydrogen-bond acceptors (Lipinski definition) is 3. The molecule has 0 saturated heterocycles. The van der Waals surface area contributed by atoms with Gasteiger partial charge in [0.15, 0.2) is 0 Å². The van der Waals surface area contributed by atoms with Crippen molar-refractivity contribution in [2.45, 2.75) is 18.8 Å². The van der Waals surface area contributed by atoms with Gasteiger partial charge in [0.2, 0.25) is 5.91 Å². The molecule has 0 saturated carbocycles. The number of methoxy groups -OCH3 is 1. The largest absolute Gasteiger partial charge is 0.385 e. The van der Waals surface area contributed by atoms with Crippen LogP contribution in [0.2, 0.25) is 0 Å². The molecule has 0 aliphatic carbocycles. The molecule has 4 heteroatoms. The van der Waals surface area contributed by atoms with Crippen LogP contribution in [0, 0.1) is 0 Å². The number of rotatable bonds is 6. The zero-order valence-corrected chi connectivity index (χ0v) is 10.7. The number of carbonyl (C=O) groups excluding carboxylic acids is 1. The second-order valence-electron chi connectivity index (χ2n) is 4.51. The van der Waals surface area contributed by atoms with E-state index in [1.165, 1.54) is 0 Å². The van der Waals surface area contributed by atoms with E-state index in [-0.39, 0.29) is 11.8 Å². The van der Waals surface area contributed by atoms with Crippen LogP contribution in [0.1, 0.15) is 24.3 Å². The molecule has 0 radical (unpaired) electrons. The van der Waals surface area contributed by atoms with E-state index >= 15 is 0 Å². The van der Waals surface area contributed by atoms with Crippen LogP contribution in [0.4, 0.5) is 5.69 Å². The van der Waals surface area contributed by atoms with Gasteiger partial charge in [0.1, 0.15) is 0 Å². The van der Waals surface area contributed by atoms with Gasteiger partial charge in [-0.1, -0.05) is 18.2 Å². The van der Waals surface area contributed by atoms with Gasteiger partial charge in [-0.05, 0) is 24.5 Å². The van der Waals surface area contributed by atoms with E-state index in [0.717, 1.165) is 37.2 Å². The summed E-state index contributed by atoms with van der Waals surface area (Å²) in [6.07, 6.45) is 1.94. The number of hydrogen-bond donors (Lipinski definition) is 2. The fourth-order valence-corrected chi connectivity index (χ4v) is 2.22. The molecule has 0 aromatic heterocycles. The van der Waals surface area contributed by atoms with Gasteiger partial charge in [0.25, 0.3) is 0 Å². The van der Waals surface area contributed by atoms with Crippen molar-refractivity contribution in [1.82, 2.24) is 5.32 Å². The molecule has 2 rings (SSSR count). The van der Waals surface area contributed by atoms with E-state index in [1.54, 1.807) is 7.11 Å². The number of ether oxygens (including phenoxy) is 1. The zero-order valence-electron chi connectivity index (χ0n) is 10.7. The third-order valence-electron chi connectivity index (χ3n) is 3.22. The lowest BCUT2D eigenvalue weighted by atomic mass is 10.0. The van der Waals surface area contributed by atoms with Gasteiger partial charge in [-0.2, -0.15) is 0 Å². The fraction of sp³-hybridized carbons (Fsp3) is 0.500. The van der Waals surface area contributed by atoms with Crippen molar-refractivity contribution in [1.29, 1.82) is 0 Å². The Hall–Kier alpha value is -1.55. The summed E-state index contributed by atoms with van der Waals surface area (Å²) in [5, 5.41) is 6.25. The molecule has 1 aromatic rings. The summed E-state index contributed by atoms with van der Waals surface area (Å²) in [4.78, 5) is 12.1. The quantitative estimate of drug-likeness (QED) is 0.754. The van der Waals surface area contributed by atoms with Crippen LogP contribution in [0.15, 0.2) is 24.3 Å². The van der Waals surface area contributed by atoms with Gasteiger partial charge in [-0.25, -0.2) is 0 Å². The summed E-state index contributed by atoms with van der Waals surface area (Å²) in [7, 11) is 1.69. The average molecular weight is 248 g/mol. The predicted octanol–water partition coefficient (Wildman–Crippen LogP) is 1.74. The first-order valence-electron chi connectivity index (χ1n) is 6.42.